The van der Waals surface area contributed by atoms with Crippen LogP contribution in [0.2, 0.25) is 0 Å². The summed E-state index contributed by atoms with van der Waals surface area (Å²) in [5, 5.41) is 14.2. The Bertz CT molecular complexity index is 477. The van der Waals surface area contributed by atoms with Crippen LogP contribution in [-0.4, -0.2) is 28.6 Å². The molecule has 1 unspecified atom stereocenters. The van der Waals surface area contributed by atoms with Crippen LogP contribution in [0.5, 0.6) is 0 Å². The van der Waals surface area contributed by atoms with Gasteiger partial charge in [0.1, 0.15) is 0 Å². The molecule has 1 rings (SSSR count). The van der Waals surface area contributed by atoms with Crippen molar-refractivity contribution >= 4 is 17.7 Å². The molecule has 0 saturated heterocycles. The molecule has 1 aromatic rings. The Morgan fingerprint density at radius 3 is 2.76 bits per heavy atom. The van der Waals surface area contributed by atoms with Crippen molar-refractivity contribution in [1.82, 2.24) is 10.3 Å². The number of hydrogen-bond acceptors (Lipinski definition) is 3. The van der Waals surface area contributed by atoms with Crippen LogP contribution in [0.25, 0.3) is 0 Å². The molecule has 3 N–H and O–H groups in total. The van der Waals surface area contributed by atoms with Gasteiger partial charge in [-0.1, -0.05) is 13.3 Å². The molecule has 6 heteroatoms. The van der Waals surface area contributed by atoms with Crippen LogP contribution >= 0.6 is 0 Å². The largest absolute Gasteiger partial charge is 0.481 e. The fraction of sp³-hybridized carbons (Fsp3) is 0.533. The number of hydrogen-bond donors (Lipinski definition) is 3. The number of aryl methyl sites for hydroxylation is 1. The Kier molecular flexibility index (Phi) is 7.21. The fourth-order valence-electron chi connectivity index (χ4n) is 2.05. The number of amides is 2. The molecular formula is C15H23N3O3. The van der Waals surface area contributed by atoms with Gasteiger partial charge >= 0.3 is 12.0 Å². The average molecular weight is 293 g/mol. The van der Waals surface area contributed by atoms with E-state index in [1.807, 2.05) is 13.8 Å². The van der Waals surface area contributed by atoms with E-state index in [9.17, 15) is 9.59 Å². The van der Waals surface area contributed by atoms with E-state index in [0.29, 0.717) is 24.6 Å². The summed E-state index contributed by atoms with van der Waals surface area (Å²) in [6, 6.07) is 3.30. The first-order valence-corrected chi connectivity index (χ1v) is 7.21. The van der Waals surface area contributed by atoms with Crippen LogP contribution in [0.4, 0.5) is 10.5 Å². The van der Waals surface area contributed by atoms with Crippen LogP contribution < -0.4 is 10.6 Å². The van der Waals surface area contributed by atoms with Crippen molar-refractivity contribution in [2.45, 2.75) is 39.5 Å². The summed E-state index contributed by atoms with van der Waals surface area (Å²) in [6.45, 7) is 4.39. The number of urea groups is 1. The molecule has 1 heterocycles. The maximum Gasteiger partial charge on any atom is 0.319 e. The molecule has 1 aromatic heterocycles. The Morgan fingerprint density at radius 2 is 2.14 bits per heavy atom. The van der Waals surface area contributed by atoms with E-state index < -0.39 is 5.97 Å². The lowest BCUT2D eigenvalue weighted by atomic mass is 9.97. The Labute approximate surface area is 125 Å². The minimum Gasteiger partial charge on any atom is -0.481 e. The van der Waals surface area contributed by atoms with Crippen molar-refractivity contribution in [2.24, 2.45) is 5.92 Å². The van der Waals surface area contributed by atoms with E-state index in [0.717, 1.165) is 18.5 Å². The van der Waals surface area contributed by atoms with Crippen LogP contribution in [0, 0.1) is 12.8 Å². The number of pyridine rings is 1. The second kappa shape index (κ2) is 8.94. The Morgan fingerprint density at radius 1 is 1.38 bits per heavy atom. The molecule has 21 heavy (non-hydrogen) atoms. The van der Waals surface area contributed by atoms with Gasteiger partial charge in [-0.3, -0.25) is 9.78 Å². The van der Waals surface area contributed by atoms with Crippen LogP contribution in [0.1, 0.15) is 38.3 Å². The molecule has 0 saturated carbocycles. The van der Waals surface area contributed by atoms with Gasteiger partial charge in [0.25, 0.3) is 0 Å². The highest BCUT2D eigenvalue weighted by molar-refractivity contribution is 5.89. The van der Waals surface area contributed by atoms with Gasteiger partial charge in [0.15, 0.2) is 0 Å². The number of anilines is 1. The SMILES string of the molecule is CCC(CCNC(=O)Nc1cccnc1C)CCC(=O)O. The van der Waals surface area contributed by atoms with Crippen molar-refractivity contribution < 1.29 is 14.7 Å². The molecule has 0 radical (unpaired) electrons. The maximum atomic E-state index is 11.8. The first-order chi connectivity index (χ1) is 10.0. The standard InChI is InChI=1S/C15H23N3O3/c1-3-12(6-7-14(19)20)8-10-17-15(21)18-13-5-4-9-16-11(13)2/h4-5,9,12H,3,6-8,10H2,1-2H3,(H,19,20)(H2,17,18,21). The molecular weight excluding hydrogens is 270 g/mol. The number of nitrogens with zero attached hydrogens (tertiary/aromatic N) is 1. The highest BCUT2D eigenvalue weighted by Gasteiger charge is 2.10. The topological polar surface area (TPSA) is 91.3 Å². The number of aromatic nitrogens is 1. The minimum atomic E-state index is -0.772. The lowest BCUT2D eigenvalue weighted by molar-refractivity contribution is -0.137. The third-order valence-corrected chi connectivity index (χ3v) is 3.44. The van der Waals surface area contributed by atoms with Gasteiger partial charge in [-0.05, 0) is 37.8 Å². The van der Waals surface area contributed by atoms with Crippen molar-refractivity contribution in [3.63, 3.8) is 0 Å². The zero-order valence-electron chi connectivity index (χ0n) is 12.6. The Hall–Kier alpha value is -2.11. The van der Waals surface area contributed by atoms with Gasteiger partial charge < -0.3 is 15.7 Å². The zero-order valence-corrected chi connectivity index (χ0v) is 12.6. The second-order valence-electron chi connectivity index (χ2n) is 5.01. The highest BCUT2D eigenvalue weighted by Crippen LogP contribution is 2.15. The van der Waals surface area contributed by atoms with Gasteiger partial charge in [-0.2, -0.15) is 0 Å². The monoisotopic (exact) mass is 293 g/mol. The summed E-state index contributed by atoms with van der Waals surface area (Å²) in [6.07, 6.45) is 4.20. The van der Waals surface area contributed by atoms with Crippen molar-refractivity contribution in [3.8, 4) is 0 Å². The predicted molar refractivity (Wildman–Crippen MR) is 81.3 cm³/mol. The zero-order chi connectivity index (χ0) is 15.7. The minimum absolute atomic E-state index is 0.180. The number of carboxylic acids is 1. The number of carboxylic acid groups (broad SMARTS) is 1. The molecule has 6 nitrogen and oxygen atoms in total. The molecule has 2 amide bonds. The molecule has 0 aliphatic heterocycles. The summed E-state index contributed by atoms with van der Waals surface area (Å²) in [7, 11) is 0. The van der Waals surface area contributed by atoms with Gasteiger partial charge in [0.2, 0.25) is 0 Å². The number of carbonyl (C=O) groups is 2. The molecule has 116 valence electrons. The van der Waals surface area contributed by atoms with Gasteiger partial charge in [-0.15, -0.1) is 0 Å². The first-order valence-electron chi connectivity index (χ1n) is 7.21. The summed E-state index contributed by atoms with van der Waals surface area (Å²) in [5.41, 5.74) is 1.45. The second-order valence-corrected chi connectivity index (χ2v) is 5.01. The van der Waals surface area contributed by atoms with Gasteiger partial charge in [-0.25, -0.2) is 4.79 Å². The predicted octanol–water partition coefficient (Wildman–Crippen LogP) is 2.79. The van der Waals surface area contributed by atoms with Crippen LogP contribution in [0.3, 0.4) is 0 Å². The van der Waals surface area contributed by atoms with E-state index in [1.54, 1.807) is 18.3 Å². The van der Waals surface area contributed by atoms with E-state index in [4.69, 9.17) is 5.11 Å². The highest BCUT2D eigenvalue weighted by atomic mass is 16.4. The third-order valence-electron chi connectivity index (χ3n) is 3.44. The van der Waals surface area contributed by atoms with E-state index in [2.05, 4.69) is 15.6 Å². The summed E-state index contributed by atoms with van der Waals surface area (Å²) >= 11 is 0. The van der Waals surface area contributed by atoms with Crippen molar-refractivity contribution in [3.05, 3.63) is 24.0 Å². The number of aliphatic carboxylic acids is 1. The van der Waals surface area contributed by atoms with Crippen LogP contribution in [-0.2, 0) is 4.79 Å². The lowest BCUT2D eigenvalue weighted by Gasteiger charge is -2.14. The van der Waals surface area contributed by atoms with Crippen LogP contribution in [0.15, 0.2) is 18.3 Å². The molecule has 0 aromatic carbocycles. The lowest BCUT2D eigenvalue weighted by Crippen LogP contribution is -2.30. The summed E-state index contributed by atoms with van der Waals surface area (Å²) in [4.78, 5) is 26.4. The quantitative estimate of drug-likeness (QED) is 0.687. The van der Waals surface area contributed by atoms with Crippen molar-refractivity contribution in [1.29, 1.82) is 0 Å². The van der Waals surface area contributed by atoms with E-state index in [1.165, 1.54) is 0 Å². The van der Waals surface area contributed by atoms with Gasteiger partial charge in [0, 0.05) is 19.2 Å². The first kappa shape index (κ1) is 16.9. The molecule has 0 aliphatic carbocycles. The maximum absolute atomic E-state index is 11.8. The summed E-state index contributed by atoms with van der Waals surface area (Å²) < 4.78 is 0. The number of carbonyl (C=O) groups excluding carboxylic acids is 1. The number of rotatable bonds is 8. The molecule has 0 fully saturated rings. The molecule has 1 atom stereocenters. The normalized spacial score (nSPS) is 11.7. The van der Waals surface area contributed by atoms with E-state index >= 15 is 0 Å². The van der Waals surface area contributed by atoms with Crippen molar-refractivity contribution in [2.75, 3.05) is 11.9 Å². The smallest absolute Gasteiger partial charge is 0.319 e. The Balaban J connectivity index is 2.29. The third kappa shape index (κ3) is 6.74. The fourth-order valence-corrected chi connectivity index (χ4v) is 2.05. The molecule has 0 spiro atoms. The van der Waals surface area contributed by atoms with Gasteiger partial charge in [0.05, 0.1) is 11.4 Å². The molecule has 0 bridgehead atoms. The average Bonchev–Trinajstić information content (AvgIpc) is 2.45. The van der Waals surface area contributed by atoms with E-state index in [-0.39, 0.29) is 12.5 Å². The number of nitrogens with one attached hydrogen (secondary N) is 2. The molecule has 0 aliphatic rings. The summed E-state index contributed by atoms with van der Waals surface area (Å²) in [5.74, 6) is -0.451.